The van der Waals surface area contributed by atoms with Crippen LogP contribution in [-0.4, -0.2) is 47.6 Å². The molecule has 1 aromatic heterocycles. The number of halogens is 1. The van der Waals surface area contributed by atoms with Crippen molar-refractivity contribution >= 4 is 15.6 Å². The summed E-state index contributed by atoms with van der Waals surface area (Å²) in [6, 6.07) is 0. The van der Waals surface area contributed by atoms with Crippen molar-refractivity contribution in [1.82, 2.24) is 9.78 Å². The summed E-state index contributed by atoms with van der Waals surface area (Å²) in [7, 11) is -3.33. The maximum absolute atomic E-state index is 13.4. The quantitative estimate of drug-likeness (QED) is 0.692. The first kappa shape index (κ1) is 23.5. The third kappa shape index (κ3) is 3.99. The lowest BCUT2D eigenvalue weighted by Crippen LogP contribution is -2.52. The Morgan fingerprint density at radius 2 is 1.91 bits per heavy atom. The number of Topliss-reactive ketones (excluding diaryl/α,β-unsaturated/α-hetero) is 1. The molecule has 6 nitrogen and oxygen atoms in total. The van der Waals surface area contributed by atoms with E-state index in [-0.39, 0.29) is 28.6 Å². The second-order valence-electron chi connectivity index (χ2n) is 11.8. The van der Waals surface area contributed by atoms with E-state index < -0.39 is 22.1 Å². The summed E-state index contributed by atoms with van der Waals surface area (Å²) < 4.78 is 38.4. The predicted octanol–water partition coefficient (Wildman–Crippen LogP) is 3.83. The van der Waals surface area contributed by atoms with E-state index in [1.807, 2.05) is 0 Å². The van der Waals surface area contributed by atoms with Gasteiger partial charge in [-0.05, 0) is 92.8 Å². The van der Waals surface area contributed by atoms with Crippen LogP contribution in [0.3, 0.4) is 0 Å². The number of fused-ring (bicyclic) bond motifs is 5. The molecule has 4 saturated carbocycles. The number of aliphatic hydroxyl groups is 1. The van der Waals surface area contributed by atoms with Gasteiger partial charge in [-0.15, -0.1) is 0 Å². The lowest BCUT2D eigenvalue weighted by atomic mass is 9.49. The molecule has 33 heavy (non-hydrogen) atoms. The van der Waals surface area contributed by atoms with Crippen LogP contribution in [-0.2, 0) is 21.2 Å². The molecule has 0 radical (unpaired) electrons. The van der Waals surface area contributed by atoms with Gasteiger partial charge < -0.3 is 5.11 Å². The molecule has 1 aromatic rings. The highest BCUT2D eigenvalue weighted by atomic mass is 32.2. The molecule has 5 rings (SSSR count). The van der Waals surface area contributed by atoms with E-state index in [1.165, 1.54) is 17.1 Å². The normalized spacial score (nSPS) is 42.9. The van der Waals surface area contributed by atoms with Crippen LogP contribution in [0.25, 0.3) is 0 Å². The molecule has 8 heteroatoms. The summed E-state index contributed by atoms with van der Waals surface area (Å²) in [4.78, 5) is 13.5. The van der Waals surface area contributed by atoms with Crippen LogP contribution >= 0.6 is 0 Å². The molecule has 4 fully saturated rings. The Hall–Kier alpha value is -1.28. The van der Waals surface area contributed by atoms with Crippen LogP contribution in [0.15, 0.2) is 17.3 Å². The number of ketones is 1. The summed E-state index contributed by atoms with van der Waals surface area (Å²) in [5.74, 6) is 3.00. The van der Waals surface area contributed by atoms with Gasteiger partial charge in [0, 0.05) is 18.4 Å². The van der Waals surface area contributed by atoms with E-state index in [0.29, 0.717) is 42.4 Å². The molecule has 0 saturated heterocycles. The molecular formula is C25H37FN2O4S. The number of sulfone groups is 1. The Bertz CT molecular complexity index is 1030. The van der Waals surface area contributed by atoms with Gasteiger partial charge in [0.1, 0.15) is 11.6 Å². The first-order chi connectivity index (χ1) is 15.5. The fourth-order valence-corrected chi connectivity index (χ4v) is 9.06. The van der Waals surface area contributed by atoms with Gasteiger partial charge in [0.05, 0.1) is 18.3 Å². The number of alkyl halides is 1. The largest absolute Gasteiger partial charge is 0.387 e. The number of hydrogen-bond donors (Lipinski definition) is 1. The van der Waals surface area contributed by atoms with Crippen molar-refractivity contribution < 1.29 is 22.7 Å². The zero-order valence-electron chi connectivity index (χ0n) is 19.7. The highest BCUT2D eigenvalue weighted by Crippen LogP contribution is 2.64. The maximum atomic E-state index is 13.4. The van der Waals surface area contributed by atoms with Gasteiger partial charge >= 0.3 is 0 Å². The van der Waals surface area contributed by atoms with E-state index >= 15 is 0 Å². The number of nitrogens with zero attached hydrogens (tertiary/aromatic N) is 2. The minimum absolute atomic E-state index is 0.00459. The number of carbonyl (C=O) groups is 1. The van der Waals surface area contributed by atoms with Crippen LogP contribution < -0.4 is 0 Å². The Morgan fingerprint density at radius 3 is 2.61 bits per heavy atom. The Morgan fingerprint density at radius 1 is 1.15 bits per heavy atom. The van der Waals surface area contributed by atoms with Crippen molar-refractivity contribution in [3.05, 3.63) is 12.4 Å². The van der Waals surface area contributed by atoms with E-state index in [4.69, 9.17) is 0 Å². The van der Waals surface area contributed by atoms with Crippen molar-refractivity contribution in [2.45, 2.75) is 81.8 Å². The van der Waals surface area contributed by atoms with Gasteiger partial charge in [0.15, 0.2) is 15.6 Å². The fourth-order valence-electron chi connectivity index (χ4n) is 8.51. The van der Waals surface area contributed by atoms with E-state index in [2.05, 4.69) is 12.0 Å². The molecule has 0 spiro atoms. The summed E-state index contributed by atoms with van der Waals surface area (Å²) in [6.45, 7) is 1.81. The molecule has 0 bridgehead atoms. The minimum Gasteiger partial charge on any atom is -0.387 e. The van der Waals surface area contributed by atoms with Gasteiger partial charge in [-0.2, -0.15) is 5.10 Å². The van der Waals surface area contributed by atoms with Gasteiger partial charge in [-0.25, -0.2) is 12.8 Å². The predicted molar refractivity (Wildman–Crippen MR) is 122 cm³/mol. The summed E-state index contributed by atoms with van der Waals surface area (Å²) in [5, 5.41) is 14.6. The third-order valence-electron chi connectivity index (χ3n) is 10.1. The average molecular weight is 481 g/mol. The average Bonchev–Trinajstić information content (AvgIpc) is 3.37. The molecule has 1 heterocycles. The van der Waals surface area contributed by atoms with Crippen LogP contribution in [0, 0.1) is 40.9 Å². The van der Waals surface area contributed by atoms with Gasteiger partial charge in [-0.3, -0.25) is 9.48 Å². The molecule has 1 unspecified atom stereocenters. The zero-order chi connectivity index (χ0) is 23.6. The summed E-state index contributed by atoms with van der Waals surface area (Å²) in [5.41, 5.74) is -1.11. The number of rotatable bonds is 5. The second kappa shape index (κ2) is 8.14. The minimum atomic E-state index is -3.33. The van der Waals surface area contributed by atoms with Crippen LogP contribution in [0.1, 0.15) is 64.7 Å². The molecule has 184 valence electrons. The van der Waals surface area contributed by atoms with Crippen molar-refractivity contribution in [1.29, 1.82) is 0 Å². The number of hydrogen-bond acceptors (Lipinski definition) is 5. The SMILES string of the molecule is C[C@]12CC[C@H]3[C@@H](CC[C@@H]4C[C@@](O)(CF)CC[C@@H]43)[C@@H]1CCC2C(=O)Cn1cc(S(C)(=O)=O)cn1. The van der Waals surface area contributed by atoms with Crippen LogP contribution in [0.4, 0.5) is 4.39 Å². The fraction of sp³-hybridized carbons (Fsp3) is 0.840. The van der Waals surface area contributed by atoms with E-state index in [1.54, 1.807) is 0 Å². The van der Waals surface area contributed by atoms with E-state index in [0.717, 1.165) is 51.2 Å². The molecule has 1 N–H and O–H groups in total. The maximum Gasteiger partial charge on any atom is 0.178 e. The number of aromatic nitrogens is 2. The molecular weight excluding hydrogens is 443 g/mol. The smallest absolute Gasteiger partial charge is 0.178 e. The van der Waals surface area contributed by atoms with Crippen molar-refractivity contribution in [3.8, 4) is 0 Å². The molecule has 4 aliphatic rings. The van der Waals surface area contributed by atoms with Gasteiger partial charge in [0.2, 0.25) is 0 Å². The first-order valence-electron chi connectivity index (χ1n) is 12.6. The first-order valence-corrected chi connectivity index (χ1v) is 14.5. The number of carbonyl (C=O) groups excluding carboxylic acids is 1. The van der Waals surface area contributed by atoms with Crippen molar-refractivity contribution in [3.63, 3.8) is 0 Å². The molecule has 0 aliphatic heterocycles. The molecule has 8 atom stereocenters. The Balaban J connectivity index is 1.29. The Labute approximate surface area is 196 Å². The topological polar surface area (TPSA) is 89.3 Å². The Kier molecular flexibility index (Phi) is 5.79. The standard InChI is InChI=1S/C25H37FN2O4S/c1-24-9-7-19-18-8-10-25(30,15-26)11-16(18)3-4-20(19)21(24)5-6-22(24)23(29)14-28-13-17(12-27-28)33(2,31)32/h12-13,16,18-22,30H,3-11,14-15H2,1-2H3/t16-,18+,19-,20-,21+,22?,24+,25-/m1/s1. The highest BCUT2D eigenvalue weighted by molar-refractivity contribution is 7.90. The van der Waals surface area contributed by atoms with Crippen LogP contribution in [0.2, 0.25) is 0 Å². The van der Waals surface area contributed by atoms with Crippen molar-refractivity contribution in [2.24, 2.45) is 40.9 Å². The second-order valence-corrected chi connectivity index (χ2v) is 13.8. The monoisotopic (exact) mass is 480 g/mol. The van der Waals surface area contributed by atoms with Crippen LogP contribution in [0.5, 0.6) is 0 Å². The summed E-state index contributed by atoms with van der Waals surface area (Å²) in [6.07, 6.45) is 12.4. The zero-order valence-corrected chi connectivity index (χ0v) is 20.6. The van der Waals surface area contributed by atoms with Gasteiger partial charge in [0.25, 0.3) is 0 Å². The van der Waals surface area contributed by atoms with Gasteiger partial charge in [-0.1, -0.05) is 6.92 Å². The summed E-state index contributed by atoms with van der Waals surface area (Å²) >= 11 is 0. The third-order valence-corrected chi connectivity index (χ3v) is 11.2. The van der Waals surface area contributed by atoms with E-state index in [9.17, 15) is 22.7 Å². The molecule has 4 aliphatic carbocycles. The molecule has 0 amide bonds. The molecule has 0 aromatic carbocycles. The highest BCUT2D eigenvalue weighted by Gasteiger charge is 2.59. The van der Waals surface area contributed by atoms with Crippen molar-refractivity contribution in [2.75, 3.05) is 12.9 Å². The lowest BCUT2D eigenvalue weighted by molar-refractivity contribution is -0.134. The lowest BCUT2D eigenvalue weighted by Gasteiger charge is -2.56.